The highest BCUT2D eigenvalue weighted by Crippen LogP contribution is 2.22. The van der Waals surface area contributed by atoms with E-state index in [0.29, 0.717) is 6.04 Å². The summed E-state index contributed by atoms with van der Waals surface area (Å²) in [5, 5.41) is 0. The summed E-state index contributed by atoms with van der Waals surface area (Å²) in [6, 6.07) is 22.5. The summed E-state index contributed by atoms with van der Waals surface area (Å²) in [4.78, 5) is 1.70. The lowest BCUT2D eigenvalue weighted by atomic mass is 9.92. The van der Waals surface area contributed by atoms with Crippen molar-refractivity contribution in [2.24, 2.45) is 0 Å². The second-order valence-electron chi connectivity index (χ2n) is 7.60. The fourth-order valence-corrected chi connectivity index (χ4v) is 3.82. The van der Waals surface area contributed by atoms with Crippen LogP contribution in [-0.4, -0.2) is 24.8 Å². The summed E-state index contributed by atoms with van der Waals surface area (Å²) in [5.41, 5.74) is 2.89. The summed E-state index contributed by atoms with van der Waals surface area (Å²) in [6.45, 7) is 7.64. The van der Waals surface area contributed by atoms with E-state index in [1.165, 1.54) is 24.1 Å². The Morgan fingerprint density at radius 1 is 0.958 bits per heavy atom. The standard InChI is InChI=1S/C22H29NO/c1-22(2)17-21(14-16-24-22)23(18-20-11-7-4-8-12-20)15-13-19-9-5-3-6-10-19/h3-12,21H,13-18H2,1-2H3/p+1/t21-/m0/s1. The molecule has 0 bridgehead atoms. The van der Waals surface area contributed by atoms with Gasteiger partial charge in [-0.25, -0.2) is 0 Å². The zero-order chi connectivity index (χ0) is 16.8. The minimum atomic E-state index is 0.0115. The van der Waals surface area contributed by atoms with Crippen molar-refractivity contribution in [2.75, 3.05) is 13.2 Å². The van der Waals surface area contributed by atoms with Crippen molar-refractivity contribution in [1.82, 2.24) is 0 Å². The first-order chi connectivity index (χ1) is 11.6. The molecular weight excluding hydrogens is 294 g/mol. The van der Waals surface area contributed by atoms with Crippen molar-refractivity contribution >= 4 is 0 Å². The number of benzene rings is 2. The minimum Gasteiger partial charge on any atom is -0.375 e. The molecule has 1 unspecified atom stereocenters. The summed E-state index contributed by atoms with van der Waals surface area (Å²) in [5.74, 6) is 0. The largest absolute Gasteiger partial charge is 0.375 e. The van der Waals surface area contributed by atoms with Crippen molar-refractivity contribution in [3.05, 3.63) is 71.8 Å². The molecule has 1 fully saturated rings. The molecule has 0 spiro atoms. The topological polar surface area (TPSA) is 13.7 Å². The van der Waals surface area contributed by atoms with Gasteiger partial charge in [0.05, 0.1) is 24.8 Å². The molecule has 128 valence electrons. The van der Waals surface area contributed by atoms with E-state index in [-0.39, 0.29) is 5.60 Å². The molecule has 2 nitrogen and oxygen atoms in total. The third kappa shape index (κ3) is 4.93. The van der Waals surface area contributed by atoms with Gasteiger partial charge in [0.2, 0.25) is 0 Å². The molecule has 3 rings (SSSR count). The molecule has 0 saturated carbocycles. The highest BCUT2D eigenvalue weighted by atomic mass is 16.5. The van der Waals surface area contributed by atoms with E-state index in [4.69, 9.17) is 4.74 Å². The van der Waals surface area contributed by atoms with Crippen LogP contribution in [0.5, 0.6) is 0 Å². The molecule has 0 amide bonds. The van der Waals surface area contributed by atoms with Gasteiger partial charge in [-0.3, -0.25) is 0 Å². The van der Waals surface area contributed by atoms with Gasteiger partial charge in [-0.05, 0) is 19.4 Å². The van der Waals surface area contributed by atoms with Crippen LogP contribution in [0.15, 0.2) is 60.7 Å². The van der Waals surface area contributed by atoms with E-state index < -0.39 is 0 Å². The molecule has 0 aliphatic carbocycles. The van der Waals surface area contributed by atoms with Crippen molar-refractivity contribution in [1.29, 1.82) is 0 Å². The second-order valence-corrected chi connectivity index (χ2v) is 7.60. The lowest BCUT2D eigenvalue weighted by Gasteiger charge is -2.39. The monoisotopic (exact) mass is 324 g/mol. The van der Waals surface area contributed by atoms with Gasteiger partial charge in [-0.1, -0.05) is 60.7 Å². The molecular formula is C22H30NO+. The third-order valence-electron chi connectivity index (χ3n) is 5.13. The number of ether oxygens (including phenoxy) is 1. The van der Waals surface area contributed by atoms with E-state index in [0.717, 1.165) is 26.0 Å². The van der Waals surface area contributed by atoms with Crippen LogP contribution in [0.25, 0.3) is 0 Å². The van der Waals surface area contributed by atoms with Gasteiger partial charge in [-0.15, -0.1) is 0 Å². The van der Waals surface area contributed by atoms with Crippen LogP contribution < -0.4 is 4.90 Å². The number of rotatable bonds is 6. The molecule has 1 N–H and O–H groups in total. The lowest BCUT2D eigenvalue weighted by molar-refractivity contribution is -0.941. The van der Waals surface area contributed by atoms with Crippen molar-refractivity contribution in [3.8, 4) is 0 Å². The van der Waals surface area contributed by atoms with E-state index in [9.17, 15) is 0 Å². The van der Waals surface area contributed by atoms with Gasteiger partial charge >= 0.3 is 0 Å². The fraction of sp³-hybridized carbons (Fsp3) is 0.455. The zero-order valence-electron chi connectivity index (χ0n) is 15.0. The molecule has 1 aliphatic heterocycles. The zero-order valence-corrected chi connectivity index (χ0v) is 15.0. The molecule has 2 aromatic carbocycles. The van der Waals surface area contributed by atoms with Crippen LogP contribution in [0.3, 0.4) is 0 Å². The number of nitrogens with one attached hydrogen (secondary N) is 1. The molecule has 2 heteroatoms. The maximum absolute atomic E-state index is 5.95. The summed E-state index contributed by atoms with van der Waals surface area (Å²) in [7, 11) is 0. The Morgan fingerprint density at radius 3 is 2.21 bits per heavy atom. The Labute approximate surface area is 146 Å². The smallest absolute Gasteiger partial charge is 0.103 e. The first-order valence-corrected chi connectivity index (χ1v) is 9.19. The first kappa shape index (κ1) is 17.2. The Bertz CT molecular complexity index is 608. The summed E-state index contributed by atoms with van der Waals surface area (Å²) < 4.78 is 5.95. The van der Waals surface area contributed by atoms with E-state index >= 15 is 0 Å². The Kier molecular flexibility index (Phi) is 5.70. The second kappa shape index (κ2) is 7.96. The van der Waals surface area contributed by atoms with E-state index in [2.05, 4.69) is 74.5 Å². The van der Waals surface area contributed by atoms with E-state index in [1.54, 1.807) is 4.90 Å². The molecule has 1 aliphatic rings. The molecule has 2 aromatic rings. The predicted octanol–water partition coefficient (Wildman–Crippen LogP) is 3.27. The normalized spacial score (nSPS) is 21.3. The maximum Gasteiger partial charge on any atom is 0.103 e. The van der Waals surface area contributed by atoms with E-state index in [1.807, 2.05) is 0 Å². The molecule has 1 heterocycles. The van der Waals surface area contributed by atoms with Gasteiger partial charge in [0.1, 0.15) is 6.54 Å². The van der Waals surface area contributed by atoms with Gasteiger partial charge < -0.3 is 9.64 Å². The molecule has 2 atom stereocenters. The number of hydrogen-bond acceptors (Lipinski definition) is 1. The van der Waals surface area contributed by atoms with Crippen LogP contribution in [0.1, 0.15) is 37.8 Å². The van der Waals surface area contributed by atoms with Crippen molar-refractivity contribution in [2.45, 2.75) is 51.3 Å². The van der Waals surface area contributed by atoms with Crippen molar-refractivity contribution < 1.29 is 9.64 Å². The maximum atomic E-state index is 5.95. The van der Waals surface area contributed by atoms with Gasteiger partial charge in [0, 0.05) is 24.8 Å². The highest BCUT2D eigenvalue weighted by molar-refractivity contribution is 5.15. The minimum absolute atomic E-state index is 0.0115. The van der Waals surface area contributed by atoms with Gasteiger partial charge in [-0.2, -0.15) is 0 Å². The Hall–Kier alpha value is -1.64. The van der Waals surface area contributed by atoms with Crippen molar-refractivity contribution in [3.63, 3.8) is 0 Å². The van der Waals surface area contributed by atoms with Crippen LogP contribution in [-0.2, 0) is 17.7 Å². The van der Waals surface area contributed by atoms with Crippen LogP contribution in [0, 0.1) is 0 Å². The first-order valence-electron chi connectivity index (χ1n) is 9.19. The molecule has 24 heavy (non-hydrogen) atoms. The van der Waals surface area contributed by atoms with Gasteiger partial charge in [0.15, 0.2) is 0 Å². The lowest BCUT2D eigenvalue weighted by Crippen LogP contribution is -3.15. The highest BCUT2D eigenvalue weighted by Gasteiger charge is 2.34. The van der Waals surface area contributed by atoms with Gasteiger partial charge in [0.25, 0.3) is 0 Å². The molecule has 1 saturated heterocycles. The fourth-order valence-electron chi connectivity index (χ4n) is 3.82. The average molecular weight is 324 g/mol. The predicted molar refractivity (Wildman–Crippen MR) is 99.2 cm³/mol. The molecule has 0 radical (unpaired) electrons. The quantitative estimate of drug-likeness (QED) is 0.861. The Balaban J connectivity index is 1.70. The van der Waals surface area contributed by atoms with Crippen LogP contribution in [0.2, 0.25) is 0 Å². The number of quaternary nitrogens is 1. The third-order valence-corrected chi connectivity index (χ3v) is 5.13. The SMILES string of the molecule is CC1(C)C[C@@H]([NH+](CCc2ccccc2)Cc2ccccc2)CCO1. The summed E-state index contributed by atoms with van der Waals surface area (Å²) >= 11 is 0. The Morgan fingerprint density at radius 2 is 1.58 bits per heavy atom. The summed E-state index contributed by atoms with van der Waals surface area (Å²) in [6.07, 6.45) is 3.45. The van der Waals surface area contributed by atoms with Crippen LogP contribution >= 0.6 is 0 Å². The molecule has 0 aromatic heterocycles. The average Bonchev–Trinajstić information content (AvgIpc) is 2.59. The van der Waals surface area contributed by atoms with Crippen LogP contribution in [0.4, 0.5) is 0 Å². The number of hydrogen-bond donors (Lipinski definition) is 1.